The lowest BCUT2D eigenvalue weighted by molar-refractivity contribution is 0.171. The second-order valence-corrected chi connectivity index (χ2v) is 5.49. The molecule has 5 heteroatoms. The average Bonchev–Trinajstić information content (AvgIpc) is 2.26. The highest BCUT2D eigenvalue weighted by molar-refractivity contribution is 9.11. The number of ether oxygens (including phenoxy) is 2. The first kappa shape index (κ1) is 14.5. The van der Waals surface area contributed by atoms with Gasteiger partial charge in [0.1, 0.15) is 5.75 Å². The van der Waals surface area contributed by atoms with Gasteiger partial charge in [-0.25, -0.2) is 0 Å². The van der Waals surface area contributed by atoms with E-state index in [-0.39, 0.29) is 0 Å². The third kappa shape index (κ3) is 4.35. The number of methoxy groups -OCH3 is 1. The van der Waals surface area contributed by atoms with Gasteiger partial charge in [-0.1, -0.05) is 15.9 Å². The molecule has 0 amide bonds. The van der Waals surface area contributed by atoms with Gasteiger partial charge in [-0.15, -0.1) is 0 Å². The molecule has 1 aromatic rings. The summed E-state index contributed by atoms with van der Waals surface area (Å²) in [5.74, 6) is 0.848. The van der Waals surface area contributed by atoms with E-state index in [9.17, 15) is 0 Å². The second-order valence-electron chi connectivity index (χ2n) is 3.22. The zero-order valence-electron chi connectivity index (χ0n) is 8.93. The summed E-state index contributed by atoms with van der Waals surface area (Å²) in [6.45, 7) is 1.37. The van der Waals surface area contributed by atoms with E-state index in [1.54, 1.807) is 7.11 Å². The lowest BCUT2D eigenvalue weighted by Crippen LogP contribution is -2.02. The topological polar surface area (TPSA) is 18.5 Å². The smallest absolute Gasteiger partial charge is 0.147 e. The maximum atomic E-state index is 5.68. The van der Waals surface area contributed by atoms with Crippen LogP contribution in [-0.2, 0) is 10.1 Å². The monoisotopic (exact) mass is 414 g/mol. The minimum absolute atomic E-state index is 0.651. The number of rotatable bonds is 6. The minimum Gasteiger partial charge on any atom is -0.491 e. The SMILES string of the molecule is COCCCOc1c(Br)cc(CBr)cc1Br. The molecule has 0 heterocycles. The third-order valence-electron chi connectivity index (χ3n) is 1.95. The molecular weight excluding hydrogens is 404 g/mol. The Hall–Kier alpha value is 0.420. The van der Waals surface area contributed by atoms with Gasteiger partial charge in [0.15, 0.2) is 0 Å². The predicted molar refractivity (Wildman–Crippen MR) is 76.5 cm³/mol. The number of benzene rings is 1. The highest BCUT2D eigenvalue weighted by atomic mass is 79.9. The van der Waals surface area contributed by atoms with Crippen LogP contribution in [0.1, 0.15) is 12.0 Å². The quantitative estimate of drug-likeness (QED) is 0.501. The van der Waals surface area contributed by atoms with E-state index in [1.807, 2.05) is 12.1 Å². The average molecular weight is 417 g/mol. The van der Waals surface area contributed by atoms with Crippen molar-refractivity contribution < 1.29 is 9.47 Å². The van der Waals surface area contributed by atoms with Crippen LogP contribution in [0.15, 0.2) is 21.1 Å². The molecule has 0 aromatic heterocycles. The zero-order valence-corrected chi connectivity index (χ0v) is 13.7. The lowest BCUT2D eigenvalue weighted by Gasteiger charge is -2.11. The van der Waals surface area contributed by atoms with Crippen molar-refractivity contribution in [3.8, 4) is 5.75 Å². The Labute approximate surface area is 121 Å². The van der Waals surface area contributed by atoms with Gasteiger partial charge in [0.05, 0.1) is 15.6 Å². The van der Waals surface area contributed by atoms with Gasteiger partial charge >= 0.3 is 0 Å². The van der Waals surface area contributed by atoms with E-state index in [0.717, 1.165) is 26.4 Å². The molecule has 0 aliphatic carbocycles. The van der Waals surface area contributed by atoms with Gasteiger partial charge in [-0.2, -0.15) is 0 Å². The van der Waals surface area contributed by atoms with Crippen molar-refractivity contribution in [2.75, 3.05) is 20.3 Å². The molecule has 0 saturated carbocycles. The molecule has 1 aromatic carbocycles. The molecule has 0 atom stereocenters. The van der Waals surface area contributed by atoms with Crippen molar-refractivity contribution in [2.45, 2.75) is 11.8 Å². The van der Waals surface area contributed by atoms with Gasteiger partial charge in [0.2, 0.25) is 0 Å². The Balaban J connectivity index is 2.65. The number of hydrogen-bond donors (Lipinski definition) is 0. The van der Waals surface area contributed by atoms with Crippen LogP contribution in [-0.4, -0.2) is 20.3 Å². The summed E-state index contributed by atoms with van der Waals surface area (Å²) in [5, 5.41) is 0.828. The summed E-state index contributed by atoms with van der Waals surface area (Å²) in [6.07, 6.45) is 0.884. The molecular formula is C11H13Br3O2. The molecule has 0 fully saturated rings. The normalized spacial score (nSPS) is 10.5. The molecule has 0 N–H and O–H groups in total. The van der Waals surface area contributed by atoms with Crippen molar-refractivity contribution in [3.05, 3.63) is 26.6 Å². The number of halogens is 3. The van der Waals surface area contributed by atoms with Crippen LogP contribution >= 0.6 is 47.8 Å². The maximum Gasteiger partial charge on any atom is 0.147 e. The Morgan fingerprint density at radius 3 is 2.25 bits per heavy atom. The highest BCUT2D eigenvalue weighted by Crippen LogP contribution is 2.35. The van der Waals surface area contributed by atoms with E-state index < -0.39 is 0 Å². The summed E-state index contributed by atoms with van der Waals surface area (Å²) >= 11 is 10.4. The summed E-state index contributed by atoms with van der Waals surface area (Å²) in [7, 11) is 1.69. The van der Waals surface area contributed by atoms with Crippen molar-refractivity contribution >= 4 is 47.8 Å². The van der Waals surface area contributed by atoms with Crippen LogP contribution in [0.4, 0.5) is 0 Å². The molecule has 16 heavy (non-hydrogen) atoms. The first-order valence-electron chi connectivity index (χ1n) is 4.84. The molecule has 0 spiro atoms. The second kappa shape index (κ2) is 7.69. The van der Waals surface area contributed by atoms with E-state index >= 15 is 0 Å². The number of alkyl halides is 1. The molecule has 0 aliphatic heterocycles. The molecule has 0 saturated heterocycles. The summed E-state index contributed by atoms with van der Waals surface area (Å²) in [4.78, 5) is 0. The first-order valence-corrected chi connectivity index (χ1v) is 7.55. The fourth-order valence-electron chi connectivity index (χ4n) is 1.20. The summed E-state index contributed by atoms with van der Waals surface area (Å²) in [6, 6.07) is 4.09. The van der Waals surface area contributed by atoms with E-state index in [0.29, 0.717) is 13.2 Å². The van der Waals surface area contributed by atoms with Crippen molar-refractivity contribution in [1.29, 1.82) is 0 Å². The highest BCUT2D eigenvalue weighted by Gasteiger charge is 2.08. The molecule has 0 aliphatic rings. The fourth-order valence-corrected chi connectivity index (χ4v) is 3.04. The van der Waals surface area contributed by atoms with Crippen LogP contribution in [0.2, 0.25) is 0 Å². The van der Waals surface area contributed by atoms with Gasteiger partial charge in [0.25, 0.3) is 0 Å². The standard InChI is InChI=1S/C11H13Br3O2/c1-15-3-2-4-16-11-9(13)5-8(7-12)6-10(11)14/h5-6H,2-4,7H2,1H3. The molecule has 0 unspecified atom stereocenters. The van der Waals surface area contributed by atoms with Gasteiger partial charge in [-0.3, -0.25) is 0 Å². The third-order valence-corrected chi connectivity index (χ3v) is 3.78. The van der Waals surface area contributed by atoms with Gasteiger partial charge in [0, 0.05) is 25.5 Å². The maximum absolute atomic E-state index is 5.68. The van der Waals surface area contributed by atoms with E-state index in [4.69, 9.17) is 9.47 Å². The number of hydrogen-bond acceptors (Lipinski definition) is 2. The predicted octanol–water partition coefficient (Wildman–Crippen LogP) is 4.52. The molecule has 1 rings (SSSR count). The Morgan fingerprint density at radius 2 is 1.75 bits per heavy atom. The van der Waals surface area contributed by atoms with Crippen molar-refractivity contribution in [1.82, 2.24) is 0 Å². The van der Waals surface area contributed by atoms with Gasteiger partial charge < -0.3 is 9.47 Å². The Kier molecular flexibility index (Phi) is 6.96. The Bertz CT molecular complexity index is 319. The van der Waals surface area contributed by atoms with Crippen LogP contribution < -0.4 is 4.74 Å². The summed E-state index contributed by atoms with van der Waals surface area (Å²) in [5.41, 5.74) is 1.20. The van der Waals surface area contributed by atoms with Crippen LogP contribution in [0, 0.1) is 0 Å². The lowest BCUT2D eigenvalue weighted by atomic mass is 10.2. The molecule has 0 bridgehead atoms. The van der Waals surface area contributed by atoms with Crippen molar-refractivity contribution in [3.63, 3.8) is 0 Å². The zero-order chi connectivity index (χ0) is 12.0. The van der Waals surface area contributed by atoms with Crippen molar-refractivity contribution in [2.24, 2.45) is 0 Å². The molecule has 2 nitrogen and oxygen atoms in total. The summed E-state index contributed by atoms with van der Waals surface area (Å²) < 4.78 is 12.6. The first-order chi connectivity index (χ1) is 7.69. The minimum atomic E-state index is 0.651. The fraction of sp³-hybridized carbons (Fsp3) is 0.455. The van der Waals surface area contributed by atoms with Gasteiger partial charge in [-0.05, 0) is 49.6 Å². The van der Waals surface area contributed by atoms with E-state index in [1.165, 1.54) is 5.56 Å². The van der Waals surface area contributed by atoms with Crippen LogP contribution in [0.25, 0.3) is 0 Å². The largest absolute Gasteiger partial charge is 0.491 e. The van der Waals surface area contributed by atoms with E-state index in [2.05, 4.69) is 47.8 Å². The molecule has 0 radical (unpaired) electrons. The van der Waals surface area contributed by atoms with Crippen LogP contribution in [0.3, 0.4) is 0 Å². The Morgan fingerprint density at radius 1 is 1.12 bits per heavy atom. The molecule has 90 valence electrons. The van der Waals surface area contributed by atoms with Crippen LogP contribution in [0.5, 0.6) is 5.75 Å².